The third-order valence-corrected chi connectivity index (χ3v) is 2.88. The van der Waals surface area contributed by atoms with Crippen LogP contribution in [0.4, 0.5) is 17.1 Å². The molecule has 20 heavy (non-hydrogen) atoms. The first-order valence-electron chi connectivity index (χ1n) is 6.86. The number of benzene rings is 2. The van der Waals surface area contributed by atoms with E-state index in [1.165, 1.54) is 5.69 Å². The lowest BCUT2D eigenvalue weighted by Gasteiger charge is -2.15. The number of hydrogen-bond acceptors (Lipinski definition) is 3. The molecule has 0 heterocycles. The molecule has 0 spiro atoms. The monoisotopic (exact) mass is 270 g/mol. The second-order valence-electron chi connectivity index (χ2n) is 5.26. The summed E-state index contributed by atoms with van der Waals surface area (Å²) in [4.78, 5) is 2.09. The lowest BCUT2D eigenvalue weighted by atomic mass is 10.2. The highest BCUT2D eigenvalue weighted by molar-refractivity contribution is 5.65. The van der Waals surface area contributed by atoms with Gasteiger partial charge in [0.1, 0.15) is 5.75 Å². The molecule has 0 aliphatic carbocycles. The molecule has 0 aromatic heterocycles. The van der Waals surface area contributed by atoms with Crippen molar-refractivity contribution in [2.24, 2.45) is 0 Å². The molecule has 2 aromatic carbocycles. The fourth-order valence-electron chi connectivity index (χ4n) is 1.92. The summed E-state index contributed by atoms with van der Waals surface area (Å²) in [7, 11) is 4.08. The molecule has 0 saturated heterocycles. The minimum Gasteiger partial charge on any atom is -0.491 e. The van der Waals surface area contributed by atoms with Crippen molar-refractivity contribution in [2.45, 2.75) is 20.0 Å². The molecule has 0 aliphatic heterocycles. The van der Waals surface area contributed by atoms with Gasteiger partial charge in [-0.2, -0.15) is 0 Å². The SMILES string of the molecule is CC(C)Oc1ccc(Nc2cccc(N(C)C)c2)cc1. The van der Waals surface area contributed by atoms with Gasteiger partial charge in [0.25, 0.3) is 0 Å². The molecule has 0 radical (unpaired) electrons. The Bertz CT molecular complexity index is 547. The predicted octanol–water partition coefficient (Wildman–Crippen LogP) is 4.28. The number of hydrogen-bond donors (Lipinski definition) is 1. The average molecular weight is 270 g/mol. The Balaban J connectivity index is 2.08. The fraction of sp³-hybridized carbons (Fsp3) is 0.294. The van der Waals surface area contributed by atoms with Crippen LogP contribution in [0.3, 0.4) is 0 Å². The van der Waals surface area contributed by atoms with Crippen LogP contribution >= 0.6 is 0 Å². The molecule has 0 fully saturated rings. The number of rotatable bonds is 5. The normalized spacial score (nSPS) is 10.4. The van der Waals surface area contributed by atoms with E-state index in [0.29, 0.717) is 0 Å². The van der Waals surface area contributed by atoms with Crippen LogP contribution in [0, 0.1) is 0 Å². The second-order valence-corrected chi connectivity index (χ2v) is 5.26. The molecule has 106 valence electrons. The molecule has 0 saturated carbocycles. The van der Waals surface area contributed by atoms with Crippen LogP contribution in [0.15, 0.2) is 48.5 Å². The Morgan fingerprint density at radius 3 is 2.25 bits per heavy atom. The van der Waals surface area contributed by atoms with E-state index in [2.05, 4.69) is 28.4 Å². The van der Waals surface area contributed by atoms with Gasteiger partial charge >= 0.3 is 0 Å². The molecule has 0 amide bonds. The molecule has 1 N–H and O–H groups in total. The predicted molar refractivity (Wildman–Crippen MR) is 86.3 cm³/mol. The van der Waals surface area contributed by atoms with Crippen molar-refractivity contribution in [3.63, 3.8) is 0 Å². The maximum absolute atomic E-state index is 5.64. The molecule has 2 rings (SSSR count). The van der Waals surface area contributed by atoms with E-state index < -0.39 is 0 Å². The second kappa shape index (κ2) is 6.33. The van der Waals surface area contributed by atoms with Crippen LogP contribution in [0.5, 0.6) is 5.75 Å². The van der Waals surface area contributed by atoms with Crippen molar-refractivity contribution in [3.05, 3.63) is 48.5 Å². The summed E-state index contributed by atoms with van der Waals surface area (Å²) in [5.74, 6) is 0.896. The van der Waals surface area contributed by atoms with Gasteiger partial charge < -0.3 is 15.0 Å². The Kier molecular flexibility index (Phi) is 4.51. The third-order valence-electron chi connectivity index (χ3n) is 2.88. The van der Waals surface area contributed by atoms with E-state index in [4.69, 9.17) is 4.74 Å². The molecule has 0 aliphatic rings. The van der Waals surface area contributed by atoms with Gasteiger partial charge in [0.2, 0.25) is 0 Å². The molecule has 0 unspecified atom stereocenters. The van der Waals surface area contributed by atoms with Crippen LogP contribution in [0.2, 0.25) is 0 Å². The van der Waals surface area contributed by atoms with Gasteiger partial charge in [0.05, 0.1) is 6.10 Å². The molecular formula is C17H22N2O. The highest BCUT2D eigenvalue weighted by atomic mass is 16.5. The van der Waals surface area contributed by atoms with Crippen molar-refractivity contribution < 1.29 is 4.74 Å². The van der Waals surface area contributed by atoms with Crippen LogP contribution < -0.4 is 15.0 Å². The highest BCUT2D eigenvalue weighted by Crippen LogP contribution is 2.23. The van der Waals surface area contributed by atoms with Crippen molar-refractivity contribution in [1.82, 2.24) is 0 Å². The van der Waals surface area contributed by atoms with Crippen molar-refractivity contribution >= 4 is 17.1 Å². The highest BCUT2D eigenvalue weighted by Gasteiger charge is 2.00. The Hall–Kier alpha value is -2.16. The standard InChI is InChI=1S/C17H22N2O/c1-13(2)20-17-10-8-14(9-11-17)18-15-6-5-7-16(12-15)19(3)4/h5-13,18H,1-4H3. The Labute approximate surface area is 121 Å². The maximum atomic E-state index is 5.64. The van der Waals surface area contributed by atoms with Crippen molar-refractivity contribution in [3.8, 4) is 5.75 Å². The summed E-state index contributed by atoms with van der Waals surface area (Å²) < 4.78 is 5.64. The molecular weight excluding hydrogens is 248 g/mol. The zero-order valence-corrected chi connectivity index (χ0v) is 12.6. The van der Waals surface area contributed by atoms with E-state index >= 15 is 0 Å². The van der Waals surface area contributed by atoms with Gasteiger partial charge in [-0.3, -0.25) is 0 Å². The fourth-order valence-corrected chi connectivity index (χ4v) is 1.92. The number of nitrogens with zero attached hydrogens (tertiary/aromatic N) is 1. The van der Waals surface area contributed by atoms with E-state index in [1.807, 2.05) is 58.3 Å². The lowest BCUT2D eigenvalue weighted by molar-refractivity contribution is 0.242. The van der Waals surface area contributed by atoms with E-state index in [-0.39, 0.29) is 6.10 Å². The van der Waals surface area contributed by atoms with Crippen molar-refractivity contribution in [2.75, 3.05) is 24.3 Å². The summed E-state index contributed by atoms with van der Waals surface area (Å²) in [6.07, 6.45) is 0.200. The molecule has 2 aromatic rings. The first-order chi connectivity index (χ1) is 9.54. The van der Waals surface area contributed by atoms with Gasteiger partial charge in [-0.25, -0.2) is 0 Å². The van der Waals surface area contributed by atoms with Crippen LogP contribution in [-0.2, 0) is 0 Å². The molecule has 3 heteroatoms. The number of nitrogens with one attached hydrogen (secondary N) is 1. The smallest absolute Gasteiger partial charge is 0.119 e. The van der Waals surface area contributed by atoms with E-state index in [1.54, 1.807) is 0 Å². The Morgan fingerprint density at radius 1 is 0.950 bits per heavy atom. The maximum Gasteiger partial charge on any atom is 0.119 e. The van der Waals surface area contributed by atoms with Gasteiger partial charge in [0, 0.05) is 31.2 Å². The molecule has 0 bridgehead atoms. The summed E-state index contributed by atoms with van der Waals surface area (Å²) in [6, 6.07) is 16.3. The van der Waals surface area contributed by atoms with Gasteiger partial charge in [-0.05, 0) is 56.3 Å². The molecule has 0 atom stereocenters. The Morgan fingerprint density at radius 2 is 1.65 bits per heavy atom. The van der Waals surface area contributed by atoms with Gasteiger partial charge in [-0.15, -0.1) is 0 Å². The van der Waals surface area contributed by atoms with Gasteiger partial charge in [-0.1, -0.05) is 6.07 Å². The average Bonchev–Trinajstić information content (AvgIpc) is 2.41. The minimum absolute atomic E-state index is 0.200. The third kappa shape index (κ3) is 3.92. The van der Waals surface area contributed by atoms with Crippen molar-refractivity contribution in [1.29, 1.82) is 0 Å². The van der Waals surface area contributed by atoms with E-state index in [0.717, 1.165) is 17.1 Å². The topological polar surface area (TPSA) is 24.5 Å². The minimum atomic E-state index is 0.200. The summed E-state index contributed by atoms with van der Waals surface area (Å²) in [6.45, 7) is 4.05. The van der Waals surface area contributed by atoms with Gasteiger partial charge in [0.15, 0.2) is 0 Å². The quantitative estimate of drug-likeness (QED) is 0.877. The zero-order valence-electron chi connectivity index (χ0n) is 12.6. The largest absolute Gasteiger partial charge is 0.491 e. The van der Waals surface area contributed by atoms with Crippen LogP contribution in [0.25, 0.3) is 0 Å². The zero-order chi connectivity index (χ0) is 14.5. The van der Waals surface area contributed by atoms with E-state index in [9.17, 15) is 0 Å². The number of anilines is 3. The summed E-state index contributed by atoms with van der Waals surface area (Å²) in [5.41, 5.74) is 3.31. The first kappa shape index (κ1) is 14.3. The molecule has 3 nitrogen and oxygen atoms in total. The number of ether oxygens (including phenoxy) is 1. The first-order valence-corrected chi connectivity index (χ1v) is 6.86. The van der Waals surface area contributed by atoms with Crippen LogP contribution in [0.1, 0.15) is 13.8 Å². The lowest BCUT2D eigenvalue weighted by Crippen LogP contribution is -2.08. The summed E-state index contributed by atoms with van der Waals surface area (Å²) >= 11 is 0. The van der Waals surface area contributed by atoms with Crippen LogP contribution in [-0.4, -0.2) is 20.2 Å². The summed E-state index contributed by atoms with van der Waals surface area (Å²) in [5, 5.41) is 3.40.